The molecule has 15 heavy (non-hydrogen) atoms. The fourth-order valence-corrected chi connectivity index (χ4v) is 2.51. The zero-order valence-corrected chi connectivity index (χ0v) is 9.74. The first kappa shape index (κ1) is 12.8. The quantitative estimate of drug-likeness (QED) is 0.467. The molecule has 5 nitrogen and oxygen atoms in total. The predicted molar refractivity (Wildman–Crippen MR) is 62.7 cm³/mol. The topological polar surface area (TPSA) is 93.9 Å². The van der Waals surface area contributed by atoms with Gasteiger partial charge in [0.05, 0.1) is 12.2 Å². The summed E-state index contributed by atoms with van der Waals surface area (Å²) >= 11 is 1.36. The minimum Gasteiger partial charge on any atom is -0.393 e. The van der Waals surface area contributed by atoms with Gasteiger partial charge in [0.1, 0.15) is 5.44 Å². The van der Waals surface area contributed by atoms with Gasteiger partial charge in [0, 0.05) is 25.9 Å². The lowest BCUT2D eigenvalue weighted by molar-refractivity contribution is -0.0536. The van der Waals surface area contributed by atoms with Crippen LogP contribution in [0.4, 0.5) is 0 Å². The van der Waals surface area contributed by atoms with Crippen molar-refractivity contribution in [1.29, 1.82) is 0 Å². The summed E-state index contributed by atoms with van der Waals surface area (Å²) in [5.74, 6) is 0. The van der Waals surface area contributed by atoms with E-state index in [4.69, 9.17) is 16.2 Å². The van der Waals surface area contributed by atoms with Crippen LogP contribution in [-0.4, -0.2) is 41.0 Å². The van der Waals surface area contributed by atoms with E-state index in [1.165, 1.54) is 11.8 Å². The van der Waals surface area contributed by atoms with Crippen molar-refractivity contribution in [2.24, 2.45) is 16.5 Å². The van der Waals surface area contributed by atoms with Gasteiger partial charge in [-0.2, -0.15) is 0 Å². The molecule has 1 aliphatic heterocycles. The van der Waals surface area contributed by atoms with Crippen LogP contribution in [-0.2, 0) is 4.74 Å². The Morgan fingerprint density at radius 3 is 2.93 bits per heavy atom. The van der Waals surface area contributed by atoms with Crippen molar-refractivity contribution in [3.8, 4) is 0 Å². The summed E-state index contributed by atoms with van der Waals surface area (Å²) in [6.45, 7) is 3.01. The average Bonchev–Trinajstić information content (AvgIpc) is 2.17. The molecule has 3 unspecified atom stereocenters. The fourth-order valence-electron chi connectivity index (χ4n) is 1.50. The number of aliphatic hydroxyl groups excluding tert-OH is 1. The van der Waals surface area contributed by atoms with E-state index in [1.807, 2.05) is 6.92 Å². The molecule has 1 rings (SSSR count). The number of rotatable bonds is 3. The Hall–Kier alpha value is -0.300. The number of hydrogen-bond donors (Lipinski definition) is 3. The summed E-state index contributed by atoms with van der Waals surface area (Å²) in [5.41, 5.74) is 11.1. The number of thioether (sulfide) groups is 1. The molecular weight excluding hydrogens is 214 g/mol. The lowest BCUT2D eigenvalue weighted by Crippen LogP contribution is -2.39. The predicted octanol–water partition coefficient (Wildman–Crippen LogP) is -0.121. The van der Waals surface area contributed by atoms with Crippen molar-refractivity contribution in [1.82, 2.24) is 0 Å². The smallest absolute Gasteiger partial charge is 0.156 e. The highest BCUT2D eigenvalue weighted by atomic mass is 32.2. The number of nitrogens with two attached hydrogens (primary N) is 2. The lowest BCUT2D eigenvalue weighted by atomic mass is 10.1. The molecule has 6 heteroatoms. The van der Waals surface area contributed by atoms with Crippen molar-refractivity contribution in [3.63, 3.8) is 0 Å². The number of aliphatic hydroxyl groups is 1. The van der Waals surface area contributed by atoms with Crippen LogP contribution in [0.3, 0.4) is 0 Å². The van der Waals surface area contributed by atoms with E-state index in [0.29, 0.717) is 31.1 Å². The standard InChI is InChI=1S/C9H19N3O2S/c1-2-12-9(11)15-8-4-6(13)3-7(5-10)14-8/h6-8,13H,2-5,10H2,1H3,(H2,11,12). The van der Waals surface area contributed by atoms with Crippen LogP contribution in [0.2, 0.25) is 0 Å². The molecule has 0 spiro atoms. The third-order valence-electron chi connectivity index (χ3n) is 2.17. The maximum absolute atomic E-state index is 9.59. The molecular formula is C9H19N3O2S. The molecule has 1 saturated heterocycles. The zero-order valence-electron chi connectivity index (χ0n) is 8.93. The van der Waals surface area contributed by atoms with Crippen molar-refractivity contribution in [2.75, 3.05) is 13.1 Å². The second-order valence-corrected chi connectivity index (χ2v) is 4.66. The third kappa shape index (κ3) is 4.38. The van der Waals surface area contributed by atoms with Crippen molar-refractivity contribution >= 4 is 16.9 Å². The van der Waals surface area contributed by atoms with Crippen LogP contribution in [0.5, 0.6) is 0 Å². The van der Waals surface area contributed by atoms with E-state index in [-0.39, 0.29) is 17.6 Å². The Balaban J connectivity index is 2.44. The summed E-state index contributed by atoms with van der Waals surface area (Å²) in [7, 11) is 0. The Bertz CT molecular complexity index is 225. The SMILES string of the molecule is CCN=C(N)SC1CC(O)CC(CN)O1. The molecule has 5 N–H and O–H groups in total. The summed E-state index contributed by atoms with van der Waals surface area (Å²) in [5, 5.41) is 10.1. The third-order valence-corrected chi connectivity index (χ3v) is 3.11. The van der Waals surface area contributed by atoms with E-state index >= 15 is 0 Å². The fraction of sp³-hybridized carbons (Fsp3) is 0.889. The molecule has 3 atom stereocenters. The molecule has 0 aromatic carbocycles. The molecule has 0 saturated carbocycles. The van der Waals surface area contributed by atoms with E-state index in [2.05, 4.69) is 4.99 Å². The Labute approximate surface area is 94.3 Å². The first-order chi connectivity index (χ1) is 7.15. The van der Waals surface area contributed by atoms with Gasteiger partial charge in [-0.05, 0) is 6.92 Å². The van der Waals surface area contributed by atoms with Crippen LogP contribution in [0.15, 0.2) is 4.99 Å². The lowest BCUT2D eigenvalue weighted by Gasteiger charge is -2.31. The molecule has 1 aliphatic rings. The summed E-state index contributed by atoms with van der Waals surface area (Å²) in [6.07, 6.45) is 0.777. The van der Waals surface area contributed by atoms with Gasteiger partial charge in [-0.1, -0.05) is 11.8 Å². The van der Waals surface area contributed by atoms with Crippen molar-refractivity contribution in [3.05, 3.63) is 0 Å². The van der Waals surface area contributed by atoms with Crippen LogP contribution >= 0.6 is 11.8 Å². The van der Waals surface area contributed by atoms with Crippen LogP contribution in [0.25, 0.3) is 0 Å². The Morgan fingerprint density at radius 1 is 1.60 bits per heavy atom. The van der Waals surface area contributed by atoms with E-state index < -0.39 is 0 Å². The second-order valence-electron chi connectivity index (χ2n) is 3.48. The molecule has 0 amide bonds. The molecule has 0 aromatic heterocycles. The molecule has 0 bridgehead atoms. The molecule has 0 radical (unpaired) electrons. The number of hydrogen-bond acceptors (Lipinski definition) is 5. The van der Waals surface area contributed by atoms with E-state index in [0.717, 1.165) is 0 Å². The van der Waals surface area contributed by atoms with Gasteiger partial charge in [-0.25, -0.2) is 0 Å². The van der Waals surface area contributed by atoms with Gasteiger partial charge in [-0.15, -0.1) is 0 Å². The van der Waals surface area contributed by atoms with Gasteiger partial charge >= 0.3 is 0 Å². The summed E-state index contributed by atoms with van der Waals surface area (Å²) in [4.78, 5) is 4.06. The maximum atomic E-state index is 9.59. The molecule has 1 fully saturated rings. The zero-order chi connectivity index (χ0) is 11.3. The minimum atomic E-state index is -0.348. The number of aliphatic imine (C=N–C) groups is 1. The van der Waals surface area contributed by atoms with Crippen molar-refractivity contribution < 1.29 is 9.84 Å². The number of ether oxygens (including phenoxy) is 1. The number of amidine groups is 1. The highest BCUT2D eigenvalue weighted by molar-refractivity contribution is 8.14. The summed E-state index contributed by atoms with van der Waals surface area (Å²) < 4.78 is 5.64. The second kappa shape index (κ2) is 6.32. The molecule has 1 heterocycles. The van der Waals surface area contributed by atoms with Crippen LogP contribution in [0, 0.1) is 0 Å². The van der Waals surface area contributed by atoms with E-state index in [9.17, 15) is 5.11 Å². The average molecular weight is 233 g/mol. The normalized spacial score (nSPS) is 33.0. The minimum absolute atomic E-state index is 0.0688. The maximum Gasteiger partial charge on any atom is 0.156 e. The highest BCUT2D eigenvalue weighted by Gasteiger charge is 2.28. The first-order valence-corrected chi connectivity index (χ1v) is 6.03. The van der Waals surface area contributed by atoms with Crippen molar-refractivity contribution in [2.45, 2.75) is 37.4 Å². The molecule has 88 valence electrons. The monoisotopic (exact) mass is 233 g/mol. The highest BCUT2D eigenvalue weighted by Crippen LogP contribution is 2.27. The van der Waals surface area contributed by atoms with E-state index in [1.54, 1.807) is 0 Å². The first-order valence-electron chi connectivity index (χ1n) is 5.15. The van der Waals surface area contributed by atoms with Gasteiger partial charge in [-0.3, -0.25) is 4.99 Å². The molecule has 0 aromatic rings. The summed E-state index contributed by atoms with van der Waals surface area (Å²) in [6, 6.07) is 0. The largest absolute Gasteiger partial charge is 0.393 e. The van der Waals surface area contributed by atoms with Gasteiger partial charge < -0.3 is 21.3 Å². The molecule has 0 aliphatic carbocycles. The van der Waals surface area contributed by atoms with Gasteiger partial charge in [0.2, 0.25) is 0 Å². The number of nitrogens with zero attached hydrogens (tertiary/aromatic N) is 1. The Morgan fingerprint density at radius 2 is 2.33 bits per heavy atom. The van der Waals surface area contributed by atoms with Gasteiger partial charge in [0.25, 0.3) is 0 Å². The van der Waals surface area contributed by atoms with Crippen LogP contribution < -0.4 is 11.5 Å². The van der Waals surface area contributed by atoms with Gasteiger partial charge in [0.15, 0.2) is 5.17 Å². The Kier molecular flexibility index (Phi) is 5.38. The van der Waals surface area contributed by atoms with Crippen LogP contribution in [0.1, 0.15) is 19.8 Å².